The molecule has 4 heteroatoms. The van der Waals surface area contributed by atoms with Crippen LogP contribution in [0.2, 0.25) is 0 Å². The minimum Gasteiger partial charge on any atom is -0.444 e. The largest absolute Gasteiger partial charge is 0.444 e. The Kier molecular flexibility index (Phi) is 7.40. The lowest BCUT2D eigenvalue weighted by molar-refractivity contribution is 0.0526. The van der Waals surface area contributed by atoms with Crippen LogP contribution in [0.3, 0.4) is 0 Å². The van der Waals surface area contributed by atoms with Gasteiger partial charge in [-0.05, 0) is 33.7 Å². The molecule has 0 bridgehead atoms. The van der Waals surface area contributed by atoms with Crippen LogP contribution in [0.5, 0.6) is 0 Å². The van der Waals surface area contributed by atoms with Crippen molar-refractivity contribution in [2.75, 3.05) is 26.2 Å². The molecule has 1 N–H and O–H groups in total. The van der Waals surface area contributed by atoms with E-state index in [4.69, 9.17) is 11.2 Å². The molecular formula is C13H24N2O2. The average molecular weight is 240 g/mol. The van der Waals surface area contributed by atoms with Crippen LogP contribution in [0.4, 0.5) is 4.79 Å². The van der Waals surface area contributed by atoms with Gasteiger partial charge in [0, 0.05) is 13.1 Å². The third-order valence-electron chi connectivity index (χ3n) is 2.08. The van der Waals surface area contributed by atoms with E-state index in [9.17, 15) is 4.79 Å². The second kappa shape index (κ2) is 7.97. The smallest absolute Gasteiger partial charge is 0.407 e. The van der Waals surface area contributed by atoms with Crippen molar-refractivity contribution in [3.63, 3.8) is 0 Å². The Hall–Kier alpha value is -1.21. The molecule has 0 aromatic carbocycles. The first-order valence-electron chi connectivity index (χ1n) is 6.01. The maximum atomic E-state index is 11.3. The molecule has 0 radical (unpaired) electrons. The van der Waals surface area contributed by atoms with E-state index in [0.717, 1.165) is 19.5 Å². The van der Waals surface area contributed by atoms with E-state index < -0.39 is 5.60 Å². The van der Waals surface area contributed by atoms with Gasteiger partial charge in [0.1, 0.15) is 5.60 Å². The molecule has 0 aliphatic heterocycles. The van der Waals surface area contributed by atoms with Crippen molar-refractivity contribution in [3.8, 4) is 12.3 Å². The standard InChI is InChI=1S/C13H24N2O2/c1-6-10-15(7-2)11-8-9-14-12(16)17-13(3,4)5/h1H,7-11H2,2-5H3,(H,14,16). The molecule has 0 aromatic heterocycles. The van der Waals surface area contributed by atoms with Crippen LogP contribution >= 0.6 is 0 Å². The first-order chi connectivity index (χ1) is 7.89. The zero-order valence-electron chi connectivity index (χ0n) is 11.4. The fourth-order valence-electron chi connectivity index (χ4n) is 1.29. The van der Waals surface area contributed by atoms with E-state index in [1.165, 1.54) is 0 Å². The summed E-state index contributed by atoms with van der Waals surface area (Å²) in [6.45, 7) is 10.7. The number of nitrogens with one attached hydrogen (secondary N) is 1. The van der Waals surface area contributed by atoms with E-state index >= 15 is 0 Å². The molecule has 0 saturated heterocycles. The zero-order valence-corrected chi connectivity index (χ0v) is 11.4. The molecule has 0 unspecified atom stereocenters. The Morgan fingerprint density at radius 1 is 1.47 bits per heavy atom. The quantitative estimate of drug-likeness (QED) is 0.569. The number of carbonyl (C=O) groups excluding carboxylic acids is 1. The van der Waals surface area contributed by atoms with Crippen molar-refractivity contribution in [3.05, 3.63) is 0 Å². The van der Waals surface area contributed by atoms with Gasteiger partial charge in [0.15, 0.2) is 0 Å². The molecule has 4 nitrogen and oxygen atoms in total. The third kappa shape index (κ3) is 9.70. The van der Waals surface area contributed by atoms with Crippen molar-refractivity contribution in [1.82, 2.24) is 10.2 Å². The van der Waals surface area contributed by atoms with E-state index in [1.807, 2.05) is 20.8 Å². The van der Waals surface area contributed by atoms with Crippen LogP contribution < -0.4 is 5.32 Å². The molecule has 17 heavy (non-hydrogen) atoms. The van der Waals surface area contributed by atoms with E-state index in [1.54, 1.807) is 0 Å². The average Bonchev–Trinajstić information content (AvgIpc) is 2.20. The van der Waals surface area contributed by atoms with Gasteiger partial charge in [0.25, 0.3) is 0 Å². The highest BCUT2D eigenvalue weighted by atomic mass is 16.6. The van der Waals surface area contributed by atoms with Crippen LogP contribution in [0.15, 0.2) is 0 Å². The van der Waals surface area contributed by atoms with Crippen molar-refractivity contribution in [2.24, 2.45) is 0 Å². The fraction of sp³-hybridized carbons (Fsp3) is 0.769. The molecule has 0 atom stereocenters. The Morgan fingerprint density at radius 3 is 2.59 bits per heavy atom. The molecule has 0 heterocycles. The third-order valence-corrected chi connectivity index (χ3v) is 2.08. The van der Waals surface area contributed by atoms with Crippen LogP contribution in [-0.4, -0.2) is 42.8 Å². The van der Waals surface area contributed by atoms with Gasteiger partial charge in [-0.25, -0.2) is 4.79 Å². The summed E-state index contributed by atoms with van der Waals surface area (Å²) in [7, 11) is 0. The molecule has 0 fully saturated rings. The van der Waals surface area contributed by atoms with Crippen molar-refractivity contribution in [2.45, 2.75) is 39.7 Å². The summed E-state index contributed by atoms with van der Waals surface area (Å²) in [5.74, 6) is 2.61. The van der Waals surface area contributed by atoms with Crippen LogP contribution in [0.1, 0.15) is 34.1 Å². The van der Waals surface area contributed by atoms with Gasteiger partial charge in [-0.1, -0.05) is 12.8 Å². The van der Waals surface area contributed by atoms with Gasteiger partial charge < -0.3 is 10.1 Å². The molecule has 98 valence electrons. The molecule has 0 spiro atoms. The summed E-state index contributed by atoms with van der Waals surface area (Å²) in [6.07, 6.45) is 5.75. The SMILES string of the molecule is C#CCN(CC)CCCNC(=O)OC(C)(C)C. The molecule has 0 aromatic rings. The van der Waals surface area contributed by atoms with E-state index in [0.29, 0.717) is 13.1 Å². The van der Waals surface area contributed by atoms with E-state index in [-0.39, 0.29) is 6.09 Å². The number of terminal acetylenes is 1. The zero-order chi connectivity index (χ0) is 13.3. The normalized spacial score (nSPS) is 11.1. The lowest BCUT2D eigenvalue weighted by Gasteiger charge is -2.20. The summed E-state index contributed by atoms with van der Waals surface area (Å²) in [6, 6.07) is 0. The lowest BCUT2D eigenvalue weighted by atomic mass is 10.2. The maximum absolute atomic E-state index is 11.3. The first-order valence-corrected chi connectivity index (χ1v) is 6.01. The highest BCUT2D eigenvalue weighted by Gasteiger charge is 2.15. The summed E-state index contributed by atoms with van der Waals surface area (Å²) >= 11 is 0. The summed E-state index contributed by atoms with van der Waals surface area (Å²) in [5, 5.41) is 2.72. The number of amides is 1. The second-order valence-corrected chi connectivity index (χ2v) is 4.86. The summed E-state index contributed by atoms with van der Waals surface area (Å²) < 4.78 is 5.12. The minimum absolute atomic E-state index is 0.363. The Bertz CT molecular complexity index is 264. The number of alkyl carbamates (subject to hydrolysis) is 1. The lowest BCUT2D eigenvalue weighted by Crippen LogP contribution is -2.34. The predicted molar refractivity (Wildman–Crippen MR) is 69.8 cm³/mol. The number of nitrogens with zero attached hydrogens (tertiary/aromatic N) is 1. The molecule has 1 amide bonds. The van der Waals surface area contributed by atoms with Gasteiger partial charge in [-0.3, -0.25) is 4.90 Å². The Balaban J connectivity index is 3.64. The van der Waals surface area contributed by atoms with Crippen molar-refractivity contribution >= 4 is 6.09 Å². The van der Waals surface area contributed by atoms with Crippen LogP contribution in [0.25, 0.3) is 0 Å². The molecule has 0 saturated carbocycles. The highest BCUT2D eigenvalue weighted by Crippen LogP contribution is 2.06. The highest BCUT2D eigenvalue weighted by molar-refractivity contribution is 5.67. The van der Waals surface area contributed by atoms with Gasteiger partial charge in [0.05, 0.1) is 6.54 Å². The molecular weight excluding hydrogens is 216 g/mol. The number of hydrogen-bond donors (Lipinski definition) is 1. The number of ether oxygens (including phenoxy) is 1. The predicted octanol–water partition coefficient (Wildman–Crippen LogP) is 1.86. The molecule has 0 rings (SSSR count). The van der Waals surface area contributed by atoms with E-state index in [2.05, 4.69) is 23.1 Å². The number of hydrogen-bond acceptors (Lipinski definition) is 3. The number of rotatable bonds is 6. The van der Waals surface area contributed by atoms with Gasteiger partial charge in [-0.15, -0.1) is 6.42 Å². The summed E-state index contributed by atoms with van der Waals surface area (Å²) in [4.78, 5) is 13.5. The van der Waals surface area contributed by atoms with Crippen molar-refractivity contribution < 1.29 is 9.53 Å². The van der Waals surface area contributed by atoms with Crippen LogP contribution in [-0.2, 0) is 4.74 Å². The molecule has 0 aliphatic rings. The topological polar surface area (TPSA) is 41.6 Å². The Morgan fingerprint density at radius 2 is 2.12 bits per heavy atom. The van der Waals surface area contributed by atoms with Gasteiger partial charge in [0.2, 0.25) is 0 Å². The number of carbonyl (C=O) groups is 1. The van der Waals surface area contributed by atoms with Gasteiger partial charge in [-0.2, -0.15) is 0 Å². The first kappa shape index (κ1) is 15.8. The maximum Gasteiger partial charge on any atom is 0.407 e. The molecule has 0 aliphatic carbocycles. The van der Waals surface area contributed by atoms with Crippen molar-refractivity contribution in [1.29, 1.82) is 0 Å². The monoisotopic (exact) mass is 240 g/mol. The summed E-state index contributed by atoms with van der Waals surface area (Å²) in [5.41, 5.74) is -0.441. The van der Waals surface area contributed by atoms with Gasteiger partial charge >= 0.3 is 6.09 Å². The second-order valence-electron chi connectivity index (χ2n) is 4.86. The van der Waals surface area contributed by atoms with Crippen LogP contribution in [0, 0.1) is 12.3 Å². The minimum atomic E-state index is -0.441. The fourth-order valence-corrected chi connectivity index (χ4v) is 1.29. The Labute approximate surface area is 105 Å².